The van der Waals surface area contributed by atoms with E-state index in [1.54, 1.807) is 0 Å². The Hall–Kier alpha value is -2.14. The van der Waals surface area contributed by atoms with E-state index in [1.807, 2.05) is 26.0 Å². The smallest absolute Gasteiger partial charge is 0.257 e. The first-order chi connectivity index (χ1) is 9.66. The van der Waals surface area contributed by atoms with Crippen LogP contribution in [0.2, 0.25) is 0 Å². The number of carbonyl (C=O) groups is 1. The van der Waals surface area contributed by atoms with Crippen LogP contribution in [0.15, 0.2) is 18.2 Å². The molecule has 0 spiro atoms. The van der Waals surface area contributed by atoms with Gasteiger partial charge in [0.1, 0.15) is 0 Å². The van der Waals surface area contributed by atoms with Gasteiger partial charge in [0.05, 0.1) is 0 Å². The van der Waals surface area contributed by atoms with Crippen molar-refractivity contribution >= 4 is 11.7 Å². The molecule has 0 aliphatic carbocycles. The molecular formula is C15H18N4O. The lowest BCUT2D eigenvalue weighted by atomic mass is 9.95. The molecule has 1 amide bonds. The Morgan fingerprint density at radius 3 is 2.95 bits per heavy atom. The second-order valence-corrected chi connectivity index (χ2v) is 5.15. The number of aryl methyl sites for hydroxylation is 1. The number of carbonyl (C=O) groups excluding carboxylic acids is 1. The number of fused-ring (bicyclic) bond motifs is 1. The van der Waals surface area contributed by atoms with Crippen molar-refractivity contribution in [1.82, 2.24) is 15.5 Å². The van der Waals surface area contributed by atoms with Gasteiger partial charge in [-0.1, -0.05) is 12.1 Å². The number of anilines is 1. The van der Waals surface area contributed by atoms with E-state index in [4.69, 9.17) is 0 Å². The van der Waals surface area contributed by atoms with Crippen LogP contribution in [0.25, 0.3) is 0 Å². The minimum Gasteiger partial charge on any atom is -0.312 e. The van der Waals surface area contributed by atoms with Crippen LogP contribution in [0.1, 0.15) is 32.7 Å². The molecule has 1 aliphatic rings. The molecule has 5 heteroatoms. The van der Waals surface area contributed by atoms with Gasteiger partial charge in [-0.25, -0.2) is 0 Å². The van der Waals surface area contributed by atoms with Crippen LogP contribution in [0.4, 0.5) is 5.82 Å². The standard InChI is InChI=1S/C15H18N4O/c1-9-10(2)18-19-14(9)17-15(20)13-5-3-4-11-8-16-7-6-12(11)13/h3-5,16H,6-8H2,1-2H3,(H2,17,18,19,20). The lowest BCUT2D eigenvalue weighted by Gasteiger charge is -2.19. The molecule has 5 nitrogen and oxygen atoms in total. The first-order valence-electron chi connectivity index (χ1n) is 6.81. The van der Waals surface area contributed by atoms with E-state index in [2.05, 4.69) is 26.9 Å². The predicted molar refractivity (Wildman–Crippen MR) is 77.9 cm³/mol. The van der Waals surface area contributed by atoms with Crippen LogP contribution in [0.5, 0.6) is 0 Å². The zero-order chi connectivity index (χ0) is 14.1. The summed E-state index contributed by atoms with van der Waals surface area (Å²) in [4.78, 5) is 12.5. The quantitative estimate of drug-likeness (QED) is 0.781. The van der Waals surface area contributed by atoms with Gasteiger partial charge in [-0.3, -0.25) is 9.89 Å². The largest absolute Gasteiger partial charge is 0.312 e. The van der Waals surface area contributed by atoms with Crippen molar-refractivity contribution in [2.24, 2.45) is 0 Å². The average molecular weight is 270 g/mol. The summed E-state index contributed by atoms with van der Waals surface area (Å²) in [7, 11) is 0. The van der Waals surface area contributed by atoms with Crippen molar-refractivity contribution in [3.05, 3.63) is 46.1 Å². The van der Waals surface area contributed by atoms with Gasteiger partial charge < -0.3 is 10.6 Å². The molecule has 2 heterocycles. The van der Waals surface area contributed by atoms with Gasteiger partial charge in [0.15, 0.2) is 5.82 Å². The number of H-pyrrole nitrogens is 1. The van der Waals surface area contributed by atoms with Crippen molar-refractivity contribution in [2.75, 3.05) is 11.9 Å². The monoisotopic (exact) mass is 270 g/mol. The van der Waals surface area contributed by atoms with Gasteiger partial charge >= 0.3 is 0 Å². The Balaban J connectivity index is 1.89. The van der Waals surface area contributed by atoms with E-state index in [0.717, 1.165) is 41.9 Å². The van der Waals surface area contributed by atoms with Crippen LogP contribution < -0.4 is 10.6 Å². The minimum atomic E-state index is -0.0849. The number of hydrogen-bond acceptors (Lipinski definition) is 3. The highest BCUT2D eigenvalue weighted by Gasteiger charge is 2.18. The highest BCUT2D eigenvalue weighted by molar-refractivity contribution is 6.05. The summed E-state index contributed by atoms with van der Waals surface area (Å²) in [5.74, 6) is 0.525. The van der Waals surface area contributed by atoms with Gasteiger partial charge in [-0.2, -0.15) is 5.10 Å². The van der Waals surface area contributed by atoms with Crippen LogP contribution in [0, 0.1) is 13.8 Å². The van der Waals surface area contributed by atoms with Crippen LogP contribution in [-0.4, -0.2) is 22.6 Å². The third-order valence-electron chi connectivity index (χ3n) is 3.87. The molecule has 1 aromatic heterocycles. The third-order valence-corrected chi connectivity index (χ3v) is 3.87. The predicted octanol–water partition coefficient (Wildman–Crippen LogP) is 1.92. The van der Waals surface area contributed by atoms with E-state index < -0.39 is 0 Å². The minimum absolute atomic E-state index is 0.0849. The van der Waals surface area contributed by atoms with E-state index >= 15 is 0 Å². The second-order valence-electron chi connectivity index (χ2n) is 5.15. The molecule has 1 aliphatic heterocycles. The number of aromatic amines is 1. The molecule has 0 fully saturated rings. The van der Waals surface area contributed by atoms with Crippen molar-refractivity contribution in [2.45, 2.75) is 26.8 Å². The molecule has 0 saturated carbocycles. The zero-order valence-corrected chi connectivity index (χ0v) is 11.7. The maximum absolute atomic E-state index is 12.5. The summed E-state index contributed by atoms with van der Waals surface area (Å²) in [6.07, 6.45) is 0.886. The zero-order valence-electron chi connectivity index (χ0n) is 11.7. The van der Waals surface area contributed by atoms with Crippen molar-refractivity contribution in [1.29, 1.82) is 0 Å². The van der Waals surface area contributed by atoms with E-state index in [0.29, 0.717) is 5.82 Å². The molecule has 2 aromatic rings. The molecule has 3 N–H and O–H groups in total. The number of hydrogen-bond donors (Lipinski definition) is 3. The summed E-state index contributed by atoms with van der Waals surface area (Å²) in [6.45, 7) is 5.63. The number of nitrogens with zero attached hydrogens (tertiary/aromatic N) is 1. The van der Waals surface area contributed by atoms with Gasteiger partial charge in [0.25, 0.3) is 5.91 Å². The lowest BCUT2D eigenvalue weighted by molar-refractivity contribution is 0.102. The normalized spacial score (nSPS) is 13.9. The molecule has 3 rings (SSSR count). The molecule has 104 valence electrons. The Kier molecular flexibility index (Phi) is 3.28. The van der Waals surface area contributed by atoms with Gasteiger partial charge in [0.2, 0.25) is 0 Å². The summed E-state index contributed by atoms with van der Waals surface area (Å²) >= 11 is 0. The summed E-state index contributed by atoms with van der Waals surface area (Å²) in [6, 6.07) is 5.89. The third kappa shape index (κ3) is 2.20. The molecule has 0 atom stereocenters. The van der Waals surface area contributed by atoms with Crippen LogP contribution >= 0.6 is 0 Å². The van der Waals surface area contributed by atoms with E-state index in [-0.39, 0.29) is 5.91 Å². The Morgan fingerprint density at radius 2 is 2.20 bits per heavy atom. The lowest BCUT2D eigenvalue weighted by Crippen LogP contribution is -2.26. The molecule has 0 saturated heterocycles. The maximum atomic E-state index is 12.5. The SMILES string of the molecule is Cc1[nH]nc(NC(=O)c2cccc3c2CCNC3)c1C. The maximum Gasteiger partial charge on any atom is 0.257 e. The van der Waals surface area contributed by atoms with E-state index in [9.17, 15) is 4.79 Å². The van der Waals surface area contributed by atoms with Crippen LogP contribution in [-0.2, 0) is 13.0 Å². The molecular weight excluding hydrogens is 252 g/mol. The van der Waals surface area contributed by atoms with Gasteiger partial charge in [-0.15, -0.1) is 0 Å². The summed E-state index contributed by atoms with van der Waals surface area (Å²) in [5, 5.41) is 13.2. The highest BCUT2D eigenvalue weighted by atomic mass is 16.1. The Bertz CT molecular complexity index is 660. The molecule has 0 radical (unpaired) electrons. The number of benzene rings is 1. The molecule has 20 heavy (non-hydrogen) atoms. The van der Waals surface area contributed by atoms with Gasteiger partial charge in [0, 0.05) is 23.4 Å². The first-order valence-corrected chi connectivity index (χ1v) is 6.81. The number of nitrogens with one attached hydrogen (secondary N) is 3. The summed E-state index contributed by atoms with van der Waals surface area (Å²) < 4.78 is 0. The molecule has 1 aromatic carbocycles. The van der Waals surface area contributed by atoms with Crippen molar-refractivity contribution in [3.8, 4) is 0 Å². The fraction of sp³-hybridized carbons (Fsp3) is 0.333. The fourth-order valence-corrected chi connectivity index (χ4v) is 2.53. The highest BCUT2D eigenvalue weighted by Crippen LogP contribution is 2.21. The van der Waals surface area contributed by atoms with Crippen molar-refractivity contribution < 1.29 is 4.79 Å². The Morgan fingerprint density at radius 1 is 1.35 bits per heavy atom. The topological polar surface area (TPSA) is 69.8 Å². The second kappa shape index (κ2) is 5.09. The first kappa shape index (κ1) is 12.9. The molecule has 0 unspecified atom stereocenters. The molecule has 0 bridgehead atoms. The number of amides is 1. The fourth-order valence-electron chi connectivity index (χ4n) is 2.53. The average Bonchev–Trinajstić information content (AvgIpc) is 2.78. The van der Waals surface area contributed by atoms with E-state index in [1.165, 1.54) is 5.56 Å². The number of rotatable bonds is 2. The number of aromatic nitrogens is 2. The summed E-state index contributed by atoms with van der Waals surface area (Å²) in [5.41, 5.74) is 5.06. The van der Waals surface area contributed by atoms with Crippen molar-refractivity contribution in [3.63, 3.8) is 0 Å². The van der Waals surface area contributed by atoms with Gasteiger partial charge in [-0.05, 0) is 44.0 Å². The Labute approximate surface area is 117 Å². The van der Waals surface area contributed by atoms with Crippen LogP contribution in [0.3, 0.4) is 0 Å².